The minimum absolute atomic E-state index is 0.345. The van der Waals surface area contributed by atoms with Crippen LogP contribution in [0.1, 0.15) is 18.1 Å². The summed E-state index contributed by atoms with van der Waals surface area (Å²) in [5.74, 6) is -0.957. The van der Waals surface area contributed by atoms with Gasteiger partial charge in [-0.15, -0.1) is 11.3 Å². The van der Waals surface area contributed by atoms with E-state index in [4.69, 9.17) is 5.26 Å². The summed E-state index contributed by atoms with van der Waals surface area (Å²) < 4.78 is 0. The van der Waals surface area contributed by atoms with Crippen molar-refractivity contribution in [3.8, 4) is 6.07 Å². The topological polar surface area (TPSA) is 93.5 Å². The molecule has 8 heteroatoms. The van der Waals surface area contributed by atoms with E-state index in [-0.39, 0.29) is 0 Å². The number of imide groups is 1. The molecule has 0 bridgehead atoms. The molecule has 1 unspecified atom stereocenters. The quantitative estimate of drug-likeness (QED) is 0.840. The summed E-state index contributed by atoms with van der Waals surface area (Å²) >= 11 is 1.21. The molecule has 1 atom stereocenters. The van der Waals surface area contributed by atoms with Crippen molar-refractivity contribution in [3.63, 3.8) is 0 Å². The van der Waals surface area contributed by atoms with Gasteiger partial charge in [-0.3, -0.25) is 19.4 Å². The van der Waals surface area contributed by atoms with Crippen LogP contribution < -0.4 is 10.2 Å². The van der Waals surface area contributed by atoms with Crippen LogP contribution in [-0.2, 0) is 9.59 Å². The standard InChI is InChI=1S/C18H16N4O3S/c1-11-3-5-14(6-4-11)22-12(2)17(24)21(18(22)25)10-15(23)20-16-13(9-19)7-8-26-16/h3-8,12H,10H2,1-2H3,(H,20,23). The summed E-state index contributed by atoms with van der Waals surface area (Å²) in [6.07, 6.45) is 0. The van der Waals surface area contributed by atoms with Gasteiger partial charge in [0.15, 0.2) is 0 Å². The number of benzene rings is 1. The molecule has 1 aromatic carbocycles. The van der Waals surface area contributed by atoms with Crippen LogP contribution in [0.15, 0.2) is 35.7 Å². The van der Waals surface area contributed by atoms with Gasteiger partial charge >= 0.3 is 6.03 Å². The second-order valence-corrected chi connectivity index (χ2v) is 6.83. The Morgan fingerprint density at radius 3 is 2.62 bits per heavy atom. The first-order valence-corrected chi connectivity index (χ1v) is 8.79. The Labute approximate surface area is 154 Å². The lowest BCUT2D eigenvalue weighted by molar-refractivity contribution is -0.130. The molecule has 0 aliphatic carbocycles. The average molecular weight is 368 g/mol. The zero-order valence-electron chi connectivity index (χ0n) is 14.2. The summed E-state index contributed by atoms with van der Waals surface area (Å²) in [6.45, 7) is 3.17. The highest BCUT2D eigenvalue weighted by Crippen LogP contribution is 2.26. The molecular weight excluding hydrogens is 352 g/mol. The number of urea groups is 1. The van der Waals surface area contributed by atoms with E-state index in [1.54, 1.807) is 30.5 Å². The Balaban J connectivity index is 1.75. The first-order chi connectivity index (χ1) is 12.4. The van der Waals surface area contributed by atoms with Gasteiger partial charge in [-0.05, 0) is 37.4 Å². The number of rotatable bonds is 4. The lowest BCUT2D eigenvalue weighted by Crippen LogP contribution is -2.39. The molecule has 1 aliphatic heterocycles. The van der Waals surface area contributed by atoms with Crippen LogP contribution in [0.2, 0.25) is 0 Å². The van der Waals surface area contributed by atoms with Gasteiger partial charge in [-0.1, -0.05) is 17.7 Å². The van der Waals surface area contributed by atoms with E-state index in [1.165, 1.54) is 16.2 Å². The number of nitrogens with zero attached hydrogens (tertiary/aromatic N) is 3. The highest BCUT2D eigenvalue weighted by atomic mass is 32.1. The predicted octanol–water partition coefficient (Wildman–Crippen LogP) is 2.72. The summed E-state index contributed by atoms with van der Waals surface area (Å²) in [6, 6.07) is 9.59. The molecular formula is C18H16N4O3S. The maximum Gasteiger partial charge on any atom is 0.332 e. The molecule has 1 fully saturated rings. The van der Waals surface area contributed by atoms with Crippen LogP contribution in [0.4, 0.5) is 15.5 Å². The van der Waals surface area contributed by atoms with Gasteiger partial charge in [0, 0.05) is 5.69 Å². The molecule has 132 valence electrons. The third-order valence-corrected chi connectivity index (χ3v) is 4.93. The molecule has 2 heterocycles. The van der Waals surface area contributed by atoms with E-state index < -0.39 is 30.4 Å². The van der Waals surface area contributed by atoms with Gasteiger partial charge in [0.1, 0.15) is 23.7 Å². The van der Waals surface area contributed by atoms with Crippen LogP contribution >= 0.6 is 11.3 Å². The molecule has 2 aromatic rings. The minimum atomic E-state index is -0.686. The number of amides is 4. The number of carbonyl (C=O) groups is 3. The summed E-state index contributed by atoms with van der Waals surface area (Å²) in [5.41, 5.74) is 1.99. The average Bonchev–Trinajstić information content (AvgIpc) is 3.14. The largest absolute Gasteiger partial charge is 0.332 e. The minimum Gasteiger partial charge on any atom is -0.315 e. The molecule has 0 radical (unpaired) electrons. The van der Waals surface area contributed by atoms with E-state index in [1.807, 2.05) is 25.1 Å². The number of thiophene rings is 1. The van der Waals surface area contributed by atoms with Crippen molar-refractivity contribution in [2.24, 2.45) is 0 Å². The smallest absolute Gasteiger partial charge is 0.315 e. The highest BCUT2D eigenvalue weighted by molar-refractivity contribution is 7.14. The van der Waals surface area contributed by atoms with Crippen molar-refractivity contribution in [2.45, 2.75) is 19.9 Å². The SMILES string of the molecule is Cc1ccc(N2C(=O)N(CC(=O)Nc3sccc3C#N)C(=O)C2C)cc1. The van der Waals surface area contributed by atoms with Gasteiger partial charge in [0.2, 0.25) is 5.91 Å². The zero-order chi connectivity index (χ0) is 18.8. The van der Waals surface area contributed by atoms with Crippen LogP contribution in [0.5, 0.6) is 0 Å². The van der Waals surface area contributed by atoms with Crippen molar-refractivity contribution in [1.82, 2.24) is 4.90 Å². The van der Waals surface area contributed by atoms with Gasteiger partial charge in [0.05, 0.1) is 5.56 Å². The maximum atomic E-state index is 12.7. The lowest BCUT2D eigenvalue weighted by atomic mass is 10.2. The summed E-state index contributed by atoms with van der Waals surface area (Å²) in [7, 11) is 0. The summed E-state index contributed by atoms with van der Waals surface area (Å²) in [4.78, 5) is 39.7. The second kappa shape index (κ2) is 6.98. The molecule has 0 spiro atoms. The van der Waals surface area contributed by atoms with Crippen molar-refractivity contribution >= 4 is 39.9 Å². The summed E-state index contributed by atoms with van der Waals surface area (Å²) in [5, 5.41) is 13.6. The third kappa shape index (κ3) is 3.17. The van der Waals surface area contributed by atoms with E-state index in [0.29, 0.717) is 16.3 Å². The van der Waals surface area contributed by atoms with E-state index in [9.17, 15) is 14.4 Å². The fourth-order valence-corrected chi connectivity index (χ4v) is 3.47. The molecule has 0 saturated carbocycles. The fourth-order valence-electron chi connectivity index (χ4n) is 2.71. The van der Waals surface area contributed by atoms with Crippen molar-refractivity contribution in [1.29, 1.82) is 5.26 Å². The number of carbonyl (C=O) groups excluding carboxylic acids is 3. The van der Waals surface area contributed by atoms with E-state index in [2.05, 4.69) is 5.32 Å². The molecule has 1 saturated heterocycles. The van der Waals surface area contributed by atoms with Gasteiger partial charge in [-0.2, -0.15) is 5.26 Å². The van der Waals surface area contributed by atoms with Crippen molar-refractivity contribution < 1.29 is 14.4 Å². The third-order valence-electron chi connectivity index (χ3n) is 4.10. The maximum absolute atomic E-state index is 12.7. The number of nitrogens with one attached hydrogen (secondary N) is 1. The van der Waals surface area contributed by atoms with Gasteiger partial charge in [0.25, 0.3) is 5.91 Å². The number of hydrogen-bond acceptors (Lipinski definition) is 5. The van der Waals surface area contributed by atoms with Crippen LogP contribution in [-0.4, -0.2) is 35.3 Å². The van der Waals surface area contributed by atoms with Gasteiger partial charge < -0.3 is 5.32 Å². The molecule has 26 heavy (non-hydrogen) atoms. The molecule has 4 amide bonds. The second-order valence-electron chi connectivity index (χ2n) is 5.91. The Bertz CT molecular complexity index is 913. The molecule has 3 rings (SSSR count). The van der Waals surface area contributed by atoms with Crippen LogP contribution in [0, 0.1) is 18.3 Å². The Morgan fingerprint density at radius 2 is 1.96 bits per heavy atom. The molecule has 1 aromatic heterocycles. The number of hydrogen-bond donors (Lipinski definition) is 1. The van der Waals surface area contributed by atoms with E-state index >= 15 is 0 Å². The molecule has 1 aliphatic rings. The van der Waals surface area contributed by atoms with E-state index in [0.717, 1.165) is 10.5 Å². The first kappa shape index (κ1) is 17.6. The number of nitriles is 1. The van der Waals surface area contributed by atoms with Crippen molar-refractivity contribution in [2.75, 3.05) is 16.8 Å². The number of aryl methyl sites for hydroxylation is 1. The Morgan fingerprint density at radius 1 is 1.27 bits per heavy atom. The lowest BCUT2D eigenvalue weighted by Gasteiger charge is -2.19. The Hall–Kier alpha value is -3.18. The van der Waals surface area contributed by atoms with Crippen molar-refractivity contribution in [3.05, 3.63) is 46.8 Å². The monoisotopic (exact) mass is 368 g/mol. The molecule has 7 nitrogen and oxygen atoms in total. The Kier molecular flexibility index (Phi) is 4.73. The predicted molar refractivity (Wildman–Crippen MR) is 97.9 cm³/mol. The number of anilines is 2. The fraction of sp³-hybridized carbons (Fsp3) is 0.222. The highest BCUT2D eigenvalue weighted by Gasteiger charge is 2.44. The zero-order valence-corrected chi connectivity index (χ0v) is 15.0. The van der Waals surface area contributed by atoms with Gasteiger partial charge in [-0.25, -0.2) is 4.79 Å². The first-order valence-electron chi connectivity index (χ1n) is 7.91. The molecule has 1 N–H and O–H groups in total. The normalized spacial score (nSPS) is 16.7. The van der Waals surface area contributed by atoms with Crippen LogP contribution in [0.3, 0.4) is 0 Å². The van der Waals surface area contributed by atoms with Crippen LogP contribution in [0.25, 0.3) is 0 Å².